The summed E-state index contributed by atoms with van der Waals surface area (Å²) in [6.45, 7) is 8.36. The van der Waals surface area contributed by atoms with E-state index in [2.05, 4.69) is 34.6 Å². The molecule has 0 N–H and O–H groups in total. The summed E-state index contributed by atoms with van der Waals surface area (Å²) in [5.41, 5.74) is 2.44. The summed E-state index contributed by atoms with van der Waals surface area (Å²) in [5, 5.41) is 0. The Morgan fingerprint density at radius 2 is 1.85 bits per heavy atom. The molecule has 0 radical (unpaired) electrons. The molecule has 0 saturated carbocycles. The lowest BCUT2D eigenvalue weighted by Crippen LogP contribution is -2.29. The smallest absolute Gasteiger partial charge is 0.242 e. The van der Waals surface area contributed by atoms with Crippen LogP contribution in [0.2, 0.25) is 19.6 Å². The minimum atomic E-state index is -1.65. The van der Waals surface area contributed by atoms with Crippen molar-refractivity contribution in [2.24, 2.45) is 4.99 Å². The lowest BCUT2D eigenvalue weighted by Gasteiger charge is -2.20. The van der Waals surface area contributed by atoms with Gasteiger partial charge in [0, 0.05) is 6.20 Å². The molecule has 0 spiro atoms. The second-order valence-electron chi connectivity index (χ2n) is 5.52. The number of rotatable bonds is 4. The van der Waals surface area contributed by atoms with Crippen LogP contribution in [0.25, 0.3) is 0 Å². The van der Waals surface area contributed by atoms with Crippen molar-refractivity contribution in [3.63, 3.8) is 0 Å². The van der Waals surface area contributed by atoms with E-state index in [1.165, 1.54) is 0 Å². The van der Waals surface area contributed by atoms with Crippen LogP contribution in [0.1, 0.15) is 11.4 Å². The fourth-order valence-electron chi connectivity index (χ4n) is 1.58. The zero-order valence-electron chi connectivity index (χ0n) is 12.3. The molecule has 104 valence electrons. The number of nitrogens with zero attached hydrogens (tertiary/aromatic N) is 3. The topological polar surface area (TPSA) is 47.4 Å². The van der Waals surface area contributed by atoms with E-state index in [1.807, 2.05) is 31.2 Å². The largest absolute Gasteiger partial charge is 0.543 e. The Balaban J connectivity index is 2.22. The van der Waals surface area contributed by atoms with Crippen LogP contribution in [0.3, 0.4) is 0 Å². The van der Waals surface area contributed by atoms with Crippen LogP contribution in [0.5, 0.6) is 5.75 Å². The summed E-state index contributed by atoms with van der Waals surface area (Å²) in [5.74, 6) is 0.822. The molecule has 0 aliphatic rings. The average molecular weight is 285 g/mol. The lowest BCUT2D eigenvalue weighted by molar-refractivity contribution is 0.559. The molecule has 0 amide bonds. The summed E-state index contributed by atoms with van der Waals surface area (Å²) in [6.07, 6.45) is 5.14. The van der Waals surface area contributed by atoms with Crippen molar-refractivity contribution in [1.29, 1.82) is 0 Å². The number of hydrogen-bond donors (Lipinski definition) is 0. The highest BCUT2D eigenvalue weighted by atomic mass is 28.4. The Kier molecular flexibility index (Phi) is 4.29. The summed E-state index contributed by atoms with van der Waals surface area (Å²) in [6, 6.07) is 7.80. The summed E-state index contributed by atoms with van der Waals surface area (Å²) in [7, 11) is -1.65. The Bertz CT molecular complexity index is 603. The predicted octanol–water partition coefficient (Wildman–Crippen LogP) is 3.75. The van der Waals surface area contributed by atoms with Gasteiger partial charge in [0.25, 0.3) is 0 Å². The molecule has 2 rings (SSSR count). The minimum Gasteiger partial charge on any atom is -0.543 e. The van der Waals surface area contributed by atoms with Crippen molar-refractivity contribution in [1.82, 2.24) is 9.97 Å². The molecule has 0 aliphatic heterocycles. The number of hydrogen-bond acceptors (Lipinski definition) is 4. The molecule has 0 aliphatic carbocycles. The molecular weight excluding hydrogens is 266 g/mol. The number of aryl methyl sites for hydroxylation is 1. The van der Waals surface area contributed by atoms with Crippen LogP contribution in [0.15, 0.2) is 41.7 Å². The summed E-state index contributed by atoms with van der Waals surface area (Å²) >= 11 is 0. The lowest BCUT2D eigenvalue weighted by atomic mass is 10.3. The van der Waals surface area contributed by atoms with Crippen LogP contribution in [-0.2, 0) is 0 Å². The Morgan fingerprint density at radius 3 is 2.50 bits per heavy atom. The standard InChI is InChI=1S/C15H19N3OSi/c1-12-9-17-13(10-16-12)11-18-14-7-5-6-8-15(14)19-20(2,3)4/h5-11H,1-4H3. The Labute approximate surface area is 120 Å². The van der Waals surface area contributed by atoms with Gasteiger partial charge in [0.15, 0.2) is 0 Å². The molecule has 20 heavy (non-hydrogen) atoms. The second kappa shape index (κ2) is 5.96. The Hall–Kier alpha value is -2.01. The van der Waals surface area contributed by atoms with Crippen molar-refractivity contribution >= 4 is 20.2 Å². The molecule has 1 aromatic carbocycles. The summed E-state index contributed by atoms with van der Waals surface area (Å²) in [4.78, 5) is 12.9. The first-order valence-corrected chi connectivity index (χ1v) is 9.96. The molecule has 0 saturated heterocycles. The zero-order valence-corrected chi connectivity index (χ0v) is 13.3. The van der Waals surface area contributed by atoms with E-state index >= 15 is 0 Å². The molecule has 4 nitrogen and oxygen atoms in total. The van der Waals surface area contributed by atoms with Gasteiger partial charge >= 0.3 is 0 Å². The van der Waals surface area contributed by atoms with E-state index < -0.39 is 8.32 Å². The number of aromatic nitrogens is 2. The number of para-hydroxylation sites is 2. The average Bonchev–Trinajstić information content (AvgIpc) is 2.38. The molecule has 0 atom stereocenters. The first kappa shape index (κ1) is 14.4. The van der Waals surface area contributed by atoms with Crippen molar-refractivity contribution in [2.75, 3.05) is 0 Å². The zero-order chi connectivity index (χ0) is 14.6. The van der Waals surface area contributed by atoms with Crippen LogP contribution in [0, 0.1) is 6.92 Å². The first-order chi connectivity index (χ1) is 9.44. The number of aliphatic imine (C=N–C) groups is 1. The number of benzene rings is 1. The monoisotopic (exact) mass is 285 g/mol. The molecule has 2 aromatic rings. The quantitative estimate of drug-likeness (QED) is 0.635. The summed E-state index contributed by atoms with van der Waals surface area (Å²) < 4.78 is 6.03. The van der Waals surface area contributed by atoms with E-state index in [0.717, 1.165) is 22.8 Å². The molecule has 0 bridgehead atoms. The second-order valence-corrected chi connectivity index (χ2v) is 9.95. The van der Waals surface area contributed by atoms with E-state index in [1.54, 1.807) is 18.6 Å². The third-order valence-electron chi connectivity index (χ3n) is 2.42. The molecule has 1 heterocycles. The highest BCUT2D eigenvalue weighted by molar-refractivity contribution is 6.70. The van der Waals surface area contributed by atoms with E-state index in [4.69, 9.17) is 4.43 Å². The van der Waals surface area contributed by atoms with Crippen molar-refractivity contribution in [3.05, 3.63) is 48.0 Å². The van der Waals surface area contributed by atoms with Gasteiger partial charge in [0.05, 0.1) is 23.8 Å². The molecule has 1 aromatic heterocycles. The van der Waals surface area contributed by atoms with Gasteiger partial charge in [0.2, 0.25) is 8.32 Å². The Morgan fingerprint density at radius 1 is 1.10 bits per heavy atom. The van der Waals surface area contributed by atoms with Crippen molar-refractivity contribution in [3.8, 4) is 5.75 Å². The normalized spacial score (nSPS) is 11.8. The molecule has 0 fully saturated rings. The van der Waals surface area contributed by atoms with Gasteiger partial charge in [-0.2, -0.15) is 0 Å². The first-order valence-electron chi connectivity index (χ1n) is 6.55. The van der Waals surface area contributed by atoms with Gasteiger partial charge in [-0.1, -0.05) is 12.1 Å². The fourth-order valence-corrected chi connectivity index (χ4v) is 2.42. The van der Waals surface area contributed by atoms with Gasteiger partial charge in [-0.3, -0.25) is 15.0 Å². The van der Waals surface area contributed by atoms with Crippen molar-refractivity contribution in [2.45, 2.75) is 26.6 Å². The maximum Gasteiger partial charge on any atom is 0.242 e. The maximum absolute atomic E-state index is 6.03. The van der Waals surface area contributed by atoms with Crippen molar-refractivity contribution < 1.29 is 4.43 Å². The highest BCUT2D eigenvalue weighted by Crippen LogP contribution is 2.28. The van der Waals surface area contributed by atoms with Crippen LogP contribution in [0.4, 0.5) is 5.69 Å². The van der Waals surface area contributed by atoms with Gasteiger partial charge in [-0.05, 0) is 38.7 Å². The molecular formula is C15H19N3OSi. The maximum atomic E-state index is 6.03. The SMILES string of the molecule is Cc1cnc(C=Nc2ccccc2O[Si](C)(C)C)cn1. The predicted molar refractivity (Wildman–Crippen MR) is 84.4 cm³/mol. The van der Waals surface area contributed by atoms with Gasteiger partial charge in [0.1, 0.15) is 11.4 Å². The van der Waals surface area contributed by atoms with E-state index in [9.17, 15) is 0 Å². The fraction of sp³-hybridized carbons (Fsp3) is 0.267. The molecule has 5 heteroatoms. The van der Waals surface area contributed by atoms with Crippen LogP contribution >= 0.6 is 0 Å². The van der Waals surface area contributed by atoms with Crippen LogP contribution < -0.4 is 4.43 Å². The third kappa shape index (κ3) is 4.27. The molecule has 0 unspecified atom stereocenters. The third-order valence-corrected chi connectivity index (χ3v) is 3.25. The van der Waals surface area contributed by atoms with Crippen LogP contribution in [-0.4, -0.2) is 24.5 Å². The van der Waals surface area contributed by atoms with Gasteiger partial charge < -0.3 is 4.43 Å². The highest BCUT2D eigenvalue weighted by Gasteiger charge is 2.17. The van der Waals surface area contributed by atoms with E-state index in [0.29, 0.717) is 0 Å². The van der Waals surface area contributed by atoms with Gasteiger partial charge in [-0.25, -0.2) is 0 Å². The van der Waals surface area contributed by atoms with E-state index in [-0.39, 0.29) is 0 Å². The minimum absolute atomic E-state index is 0.735. The van der Waals surface area contributed by atoms with Gasteiger partial charge in [-0.15, -0.1) is 0 Å².